The number of carbonyl (C=O) groups excluding carboxylic acids is 1. The second-order valence-electron chi connectivity index (χ2n) is 5.39. The Balaban J connectivity index is 1.87. The summed E-state index contributed by atoms with van der Waals surface area (Å²) in [6.45, 7) is 4.41. The number of carbonyl (C=O) groups is 1. The van der Waals surface area contributed by atoms with Crippen molar-refractivity contribution in [3.63, 3.8) is 0 Å². The molecular weight excluding hydrogens is 279 g/mol. The summed E-state index contributed by atoms with van der Waals surface area (Å²) in [5, 5.41) is 0. The summed E-state index contributed by atoms with van der Waals surface area (Å²) < 4.78 is 17.9. The van der Waals surface area contributed by atoms with Gasteiger partial charge in [-0.3, -0.25) is 0 Å². The van der Waals surface area contributed by atoms with Crippen molar-refractivity contribution < 1.29 is 13.9 Å². The molecule has 0 amide bonds. The van der Waals surface area contributed by atoms with Crippen molar-refractivity contribution in [2.24, 2.45) is 0 Å². The highest BCUT2D eigenvalue weighted by Crippen LogP contribution is 2.15. The second kappa shape index (κ2) is 7.55. The standard InChI is InChI=1S/C19H19FO2/c1-14(2)17-8-3-15(4-9-17)7-12-19(21)22-13-16-5-10-18(20)11-6-16/h3-12,14H,13H2,1-2H3/b12-7+. The van der Waals surface area contributed by atoms with E-state index in [1.54, 1.807) is 18.2 Å². The Morgan fingerprint density at radius 1 is 1.09 bits per heavy atom. The highest BCUT2D eigenvalue weighted by Gasteiger charge is 2.00. The SMILES string of the molecule is CC(C)c1ccc(/C=C/C(=O)OCc2ccc(F)cc2)cc1. The highest BCUT2D eigenvalue weighted by atomic mass is 19.1. The van der Waals surface area contributed by atoms with Gasteiger partial charge >= 0.3 is 5.97 Å². The van der Waals surface area contributed by atoms with E-state index in [9.17, 15) is 9.18 Å². The number of halogens is 1. The van der Waals surface area contributed by atoms with Crippen LogP contribution in [0.1, 0.15) is 36.5 Å². The summed E-state index contributed by atoms with van der Waals surface area (Å²) in [7, 11) is 0. The number of ether oxygens (including phenoxy) is 1. The Kier molecular flexibility index (Phi) is 5.48. The molecule has 0 aromatic heterocycles. The highest BCUT2D eigenvalue weighted by molar-refractivity contribution is 5.87. The minimum Gasteiger partial charge on any atom is -0.458 e. The van der Waals surface area contributed by atoms with Crippen LogP contribution in [0.2, 0.25) is 0 Å². The van der Waals surface area contributed by atoms with Crippen molar-refractivity contribution >= 4 is 12.0 Å². The second-order valence-corrected chi connectivity index (χ2v) is 5.39. The smallest absolute Gasteiger partial charge is 0.331 e. The summed E-state index contributed by atoms with van der Waals surface area (Å²) in [6, 6.07) is 13.9. The molecule has 0 bridgehead atoms. The Hall–Kier alpha value is -2.42. The molecule has 0 spiro atoms. The predicted octanol–water partition coefficient (Wildman–Crippen LogP) is 4.71. The average Bonchev–Trinajstić information content (AvgIpc) is 2.52. The van der Waals surface area contributed by atoms with Crippen LogP contribution in [-0.2, 0) is 16.1 Å². The van der Waals surface area contributed by atoms with Gasteiger partial charge in [0, 0.05) is 6.08 Å². The lowest BCUT2D eigenvalue weighted by atomic mass is 10.0. The van der Waals surface area contributed by atoms with E-state index in [1.165, 1.54) is 23.8 Å². The van der Waals surface area contributed by atoms with Gasteiger partial charge in [-0.25, -0.2) is 9.18 Å². The van der Waals surface area contributed by atoms with E-state index in [-0.39, 0.29) is 12.4 Å². The molecular formula is C19H19FO2. The van der Waals surface area contributed by atoms with E-state index in [1.807, 2.05) is 24.3 Å². The minimum absolute atomic E-state index is 0.135. The molecule has 0 aliphatic carbocycles. The van der Waals surface area contributed by atoms with Gasteiger partial charge in [-0.2, -0.15) is 0 Å². The molecule has 2 aromatic carbocycles. The molecule has 3 heteroatoms. The first kappa shape index (κ1) is 16.0. The van der Waals surface area contributed by atoms with Crippen molar-refractivity contribution in [2.45, 2.75) is 26.4 Å². The van der Waals surface area contributed by atoms with Crippen molar-refractivity contribution in [2.75, 3.05) is 0 Å². The van der Waals surface area contributed by atoms with E-state index in [4.69, 9.17) is 4.74 Å². The van der Waals surface area contributed by atoms with Gasteiger partial charge in [0.15, 0.2) is 0 Å². The minimum atomic E-state index is -0.419. The van der Waals surface area contributed by atoms with Gasteiger partial charge in [-0.15, -0.1) is 0 Å². The molecule has 0 fully saturated rings. The number of benzene rings is 2. The molecule has 0 saturated carbocycles. The average molecular weight is 298 g/mol. The molecule has 0 saturated heterocycles. The Labute approximate surface area is 130 Å². The first-order valence-corrected chi connectivity index (χ1v) is 7.24. The van der Waals surface area contributed by atoms with Crippen molar-refractivity contribution in [1.82, 2.24) is 0 Å². The predicted molar refractivity (Wildman–Crippen MR) is 85.8 cm³/mol. The van der Waals surface area contributed by atoms with Crippen LogP contribution in [-0.4, -0.2) is 5.97 Å². The zero-order valence-corrected chi connectivity index (χ0v) is 12.8. The first-order valence-electron chi connectivity index (χ1n) is 7.24. The van der Waals surface area contributed by atoms with Crippen LogP contribution in [0, 0.1) is 5.82 Å². The molecule has 2 rings (SSSR count). The maximum absolute atomic E-state index is 12.8. The molecule has 22 heavy (non-hydrogen) atoms. The van der Waals surface area contributed by atoms with Crippen molar-refractivity contribution in [3.8, 4) is 0 Å². The van der Waals surface area contributed by atoms with Crippen LogP contribution >= 0.6 is 0 Å². The van der Waals surface area contributed by atoms with Crippen molar-refractivity contribution in [1.29, 1.82) is 0 Å². The van der Waals surface area contributed by atoms with E-state index in [2.05, 4.69) is 13.8 Å². The molecule has 2 nitrogen and oxygen atoms in total. The van der Waals surface area contributed by atoms with E-state index >= 15 is 0 Å². The summed E-state index contributed by atoms with van der Waals surface area (Å²) in [6.07, 6.45) is 3.12. The van der Waals surface area contributed by atoms with Gasteiger partial charge in [0.05, 0.1) is 0 Å². The summed E-state index contributed by atoms with van der Waals surface area (Å²) in [4.78, 5) is 11.6. The van der Waals surface area contributed by atoms with Gasteiger partial charge in [0.1, 0.15) is 12.4 Å². The molecule has 0 heterocycles. The number of esters is 1. The maximum Gasteiger partial charge on any atom is 0.331 e. The summed E-state index contributed by atoms with van der Waals surface area (Å²) in [5.41, 5.74) is 2.96. The van der Waals surface area contributed by atoms with E-state index in [0.717, 1.165) is 11.1 Å². The monoisotopic (exact) mass is 298 g/mol. The number of hydrogen-bond acceptors (Lipinski definition) is 2. The van der Waals surface area contributed by atoms with Gasteiger partial charge in [0.2, 0.25) is 0 Å². The molecule has 114 valence electrons. The quantitative estimate of drug-likeness (QED) is 0.590. The fraction of sp³-hybridized carbons (Fsp3) is 0.211. The molecule has 0 radical (unpaired) electrons. The van der Waals surface area contributed by atoms with Crippen LogP contribution in [0.3, 0.4) is 0 Å². The molecule has 2 aromatic rings. The van der Waals surface area contributed by atoms with Crippen LogP contribution in [0.25, 0.3) is 6.08 Å². The number of hydrogen-bond donors (Lipinski definition) is 0. The Morgan fingerprint density at radius 2 is 1.73 bits per heavy atom. The van der Waals surface area contributed by atoms with Crippen LogP contribution < -0.4 is 0 Å². The van der Waals surface area contributed by atoms with E-state index < -0.39 is 5.97 Å². The molecule has 0 unspecified atom stereocenters. The maximum atomic E-state index is 12.8. The third-order valence-corrected chi connectivity index (χ3v) is 3.31. The van der Waals surface area contributed by atoms with Gasteiger partial charge in [-0.05, 0) is 40.8 Å². The van der Waals surface area contributed by atoms with Crippen molar-refractivity contribution in [3.05, 3.63) is 77.1 Å². The molecule has 0 atom stereocenters. The third kappa shape index (κ3) is 4.85. The fourth-order valence-corrected chi connectivity index (χ4v) is 1.94. The van der Waals surface area contributed by atoms with Crippen LogP contribution in [0.15, 0.2) is 54.6 Å². The lowest BCUT2D eigenvalue weighted by Gasteiger charge is -2.04. The number of rotatable bonds is 5. The zero-order valence-electron chi connectivity index (χ0n) is 12.8. The normalized spacial score (nSPS) is 11.1. The third-order valence-electron chi connectivity index (χ3n) is 3.31. The van der Waals surface area contributed by atoms with Gasteiger partial charge in [-0.1, -0.05) is 50.2 Å². The lowest BCUT2D eigenvalue weighted by Crippen LogP contribution is -2.00. The fourth-order valence-electron chi connectivity index (χ4n) is 1.94. The summed E-state index contributed by atoms with van der Waals surface area (Å²) in [5.74, 6) is -0.240. The van der Waals surface area contributed by atoms with Crippen LogP contribution in [0.4, 0.5) is 4.39 Å². The largest absolute Gasteiger partial charge is 0.458 e. The summed E-state index contributed by atoms with van der Waals surface area (Å²) >= 11 is 0. The van der Waals surface area contributed by atoms with Gasteiger partial charge in [0.25, 0.3) is 0 Å². The first-order chi connectivity index (χ1) is 10.5. The zero-order chi connectivity index (χ0) is 15.9. The van der Waals surface area contributed by atoms with Gasteiger partial charge < -0.3 is 4.74 Å². The molecule has 0 aliphatic heterocycles. The van der Waals surface area contributed by atoms with Crippen LogP contribution in [0.5, 0.6) is 0 Å². The topological polar surface area (TPSA) is 26.3 Å². The van der Waals surface area contributed by atoms with E-state index in [0.29, 0.717) is 5.92 Å². The Bertz CT molecular complexity index is 640. The lowest BCUT2D eigenvalue weighted by molar-refractivity contribution is -0.138. The molecule has 0 aliphatic rings. The Morgan fingerprint density at radius 3 is 2.32 bits per heavy atom. The molecule has 0 N–H and O–H groups in total.